The minimum Gasteiger partial charge on any atom is -0.495 e. The van der Waals surface area contributed by atoms with Gasteiger partial charge in [0.2, 0.25) is 5.91 Å². The molecule has 3 heterocycles. The summed E-state index contributed by atoms with van der Waals surface area (Å²) in [4.78, 5) is 30.2. The van der Waals surface area contributed by atoms with Crippen molar-refractivity contribution < 1.29 is 9.53 Å². The quantitative estimate of drug-likeness (QED) is 0.357. The van der Waals surface area contributed by atoms with Gasteiger partial charge in [-0.1, -0.05) is 35.5 Å². The van der Waals surface area contributed by atoms with Crippen LogP contribution in [-0.2, 0) is 4.79 Å². The Balaban J connectivity index is 1.35. The fourth-order valence-electron chi connectivity index (χ4n) is 3.95. The molecule has 2 aliphatic heterocycles. The van der Waals surface area contributed by atoms with E-state index in [9.17, 15) is 4.79 Å². The summed E-state index contributed by atoms with van der Waals surface area (Å²) < 4.78 is 5.51. The van der Waals surface area contributed by atoms with Crippen LogP contribution < -0.4 is 14.5 Å². The molecule has 172 valence electrons. The maximum Gasteiger partial charge on any atom is 0.233 e. The number of anilines is 2. The van der Waals surface area contributed by atoms with Gasteiger partial charge in [-0.2, -0.15) is 0 Å². The van der Waals surface area contributed by atoms with Gasteiger partial charge in [-0.25, -0.2) is 9.97 Å². The van der Waals surface area contributed by atoms with Gasteiger partial charge < -0.3 is 24.3 Å². The monoisotopic (exact) mass is 476 g/mol. The topological polar surface area (TPSA) is 65.0 Å². The molecule has 8 nitrogen and oxygen atoms in total. The fourth-order valence-corrected chi connectivity index (χ4v) is 4.94. The van der Waals surface area contributed by atoms with Crippen molar-refractivity contribution in [1.29, 1.82) is 0 Å². The van der Waals surface area contributed by atoms with Crippen LogP contribution in [0.2, 0.25) is 5.15 Å². The second kappa shape index (κ2) is 10.6. The lowest BCUT2D eigenvalue weighted by Crippen LogP contribution is -2.47. The first-order valence-corrected chi connectivity index (χ1v) is 12.2. The fraction of sp³-hybridized carbons (Fsp3) is 0.500. The Kier molecular flexibility index (Phi) is 7.59. The second-order valence-electron chi connectivity index (χ2n) is 7.95. The van der Waals surface area contributed by atoms with Gasteiger partial charge in [0.25, 0.3) is 0 Å². The third-order valence-corrected chi connectivity index (χ3v) is 6.90. The van der Waals surface area contributed by atoms with E-state index in [0.717, 1.165) is 69.6 Å². The number of hydrogen-bond donors (Lipinski definition) is 0. The standard InChI is InChI=1S/C22H29ClN6O2S/c1-26-7-9-29(10-8-26)21(30)16-32-22-24-19(23)15-20(25-22)28-13-11-27(12-14-28)17-5-3-4-6-18(17)31-2/h3-6,15H,7-14,16H2,1-2H3. The average molecular weight is 477 g/mol. The summed E-state index contributed by atoms with van der Waals surface area (Å²) in [5, 5.41) is 0.943. The van der Waals surface area contributed by atoms with E-state index in [1.54, 1.807) is 13.2 Å². The Labute approximate surface area is 198 Å². The normalized spacial score (nSPS) is 17.5. The summed E-state index contributed by atoms with van der Waals surface area (Å²) in [6.45, 7) is 6.70. The van der Waals surface area contributed by atoms with E-state index in [4.69, 9.17) is 16.3 Å². The number of benzene rings is 1. The molecule has 2 aromatic rings. The molecule has 0 unspecified atom stereocenters. The molecule has 0 spiro atoms. The molecule has 32 heavy (non-hydrogen) atoms. The van der Waals surface area contributed by atoms with E-state index in [0.29, 0.717) is 16.1 Å². The number of hydrogen-bond acceptors (Lipinski definition) is 8. The van der Waals surface area contributed by atoms with Crippen LogP contribution in [0.1, 0.15) is 0 Å². The van der Waals surface area contributed by atoms with E-state index >= 15 is 0 Å². The number of amides is 1. The van der Waals surface area contributed by atoms with Gasteiger partial charge >= 0.3 is 0 Å². The maximum absolute atomic E-state index is 12.5. The highest BCUT2D eigenvalue weighted by molar-refractivity contribution is 7.99. The molecule has 0 bridgehead atoms. The van der Waals surface area contributed by atoms with Crippen molar-refractivity contribution in [1.82, 2.24) is 19.8 Å². The number of nitrogens with zero attached hydrogens (tertiary/aromatic N) is 6. The molecule has 1 aromatic heterocycles. The number of carbonyl (C=O) groups excluding carboxylic acids is 1. The summed E-state index contributed by atoms with van der Waals surface area (Å²) in [7, 11) is 3.78. The average Bonchev–Trinajstić information content (AvgIpc) is 2.82. The van der Waals surface area contributed by atoms with Crippen molar-refractivity contribution in [3.63, 3.8) is 0 Å². The first-order chi connectivity index (χ1) is 15.5. The number of aromatic nitrogens is 2. The van der Waals surface area contributed by atoms with Crippen LogP contribution in [-0.4, -0.2) is 97.9 Å². The number of methoxy groups -OCH3 is 1. The summed E-state index contributed by atoms with van der Waals surface area (Å²) in [6, 6.07) is 9.88. The molecule has 1 aromatic carbocycles. The predicted octanol–water partition coefficient (Wildman–Crippen LogP) is 2.33. The largest absolute Gasteiger partial charge is 0.495 e. The minimum atomic E-state index is 0.124. The zero-order valence-electron chi connectivity index (χ0n) is 18.5. The Hall–Kier alpha value is -2.23. The van der Waals surface area contributed by atoms with Crippen LogP contribution in [0.3, 0.4) is 0 Å². The highest BCUT2D eigenvalue weighted by Crippen LogP contribution is 2.29. The number of carbonyl (C=O) groups is 1. The smallest absolute Gasteiger partial charge is 0.233 e. The zero-order valence-corrected chi connectivity index (χ0v) is 20.1. The summed E-state index contributed by atoms with van der Waals surface area (Å²) >= 11 is 7.65. The van der Waals surface area contributed by atoms with E-state index in [-0.39, 0.29) is 5.91 Å². The Morgan fingerprint density at radius 3 is 2.44 bits per heavy atom. The Bertz CT molecular complexity index is 932. The molecule has 2 aliphatic rings. The van der Waals surface area contributed by atoms with Crippen LogP contribution >= 0.6 is 23.4 Å². The maximum atomic E-state index is 12.5. The van der Waals surface area contributed by atoms with Gasteiger partial charge in [-0.05, 0) is 19.2 Å². The van der Waals surface area contributed by atoms with Crippen LogP contribution in [0.25, 0.3) is 0 Å². The molecule has 4 rings (SSSR count). The number of para-hydroxylation sites is 2. The molecule has 0 saturated carbocycles. The number of piperazine rings is 2. The molecule has 0 N–H and O–H groups in total. The zero-order chi connectivity index (χ0) is 22.5. The first kappa shape index (κ1) is 22.9. The lowest BCUT2D eigenvalue weighted by Gasteiger charge is -2.37. The second-order valence-corrected chi connectivity index (χ2v) is 9.28. The van der Waals surface area contributed by atoms with Gasteiger partial charge in [-0.3, -0.25) is 4.79 Å². The molecule has 0 atom stereocenters. The van der Waals surface area contributed by atoms with Crippen molar-refractivity contribution in [3.05, 3.63) is 35.5 Å². The lowest BCUT2D eigenvalue weighted by molar-refractivity contribution is -0.129. The van der Waals surface area contributed by atoms with Crippen molar-refractivity contribution in [3.8, 4) is 5.75 Å². The van der Waals surface area contributed by atoms with Crippen molar-refractivity contribution in [2.45, 2.75) is 5.16 Å². The number of halogens is 1. The van der Waals surface area contributed by atoms with Crippen LogP contribution in [0.15, 0.2) is 35.5 Å². The van der Waals surface area contributed by atoms with Crippen LogP contribution in [0.5, 0.6) is 5.75 Å². The van der Waals surface area contributed by atoms with E-state index in [1.165, 1.54) is 11.8 Å². The molecule has 0 radical (unpaired) electrons. The lowest BCUT2D eigenvalue weighted by atomic mass is 10.2. The predicted molar refractivity (Wildman–Crippen MR) is 129 cm³/mol. The SMILES string of the molecule is COc1ccccc1N1CCN(c2cc(Cl)nc(SCC(=O)N3CCN(C)CC3)n2)CC1. The molecular weight excluding hydrogens is 448 g/mol. The summed E-state index contributed by atoms with van der Waals surface area (Å²) in [5.41, 5.74) is 1.11. The number of ether oxygens (including phenoxy) is 1. The third kappa shape index (κ3) is 5.57. The highest BCUT2D eigenvalue weighted by atomic mass is 35.5. The van der Waals surface area contributed by atoms with Crippen LogP contribution in [0.4, 0.5) is 11.5 Å². The third-order valence-electron chi connectivity index (χ3n) is 5.87. The van der Waals surface area contributed by atoms with Gasteiger partial charge in [0, 0.05) is 58.4 Å². The molecule has 10 heteroatoms. The number of rotatable bonds is 6. The molecule has 1 amide bonds. The summed E-state index contributed by atoms with van der Waals surface area (Å²) in [5.74, 6) is 2.14. The number of thioether (sulfide) groups is 1. The van der Waals surface area contributed by atoms with E-state index < -0.39 is 0 Å². The minimum absolute atomic E-state index is 0.124. The van der Waals surface area contributed by atoms with Crippen molar-refractivity contribution >= 4 is 40.8 Å². The van der Waals surface area contributed by atoms with Gasteiger partial charge in [-0.15, -0.1) is 0 Å². The van der Waals surface area contributed by atoms with E-state index in [1.807, 2.05) is 23.1 Å². The highest BCUT2D eigenvalue weighted by Gasteiger charge is 2.23. The molecular formula is C22H29ClN6O2S. The Morgan fingerprint density at radius 2 is 1.72 bits per heavy atom. The van der Waals surface area contributed by atoms with Crippen molar-refractivity contribution in [2.24, 2.45) is 0 Å². The van der Waals surface area contributed by atoms with Gasteiger partial charge in [0.1, 0.15) is 16.7 Å². The summed E-state index contributed by atoms with van der Waals surface area (Å²) in [6.07, 6.45) is 0. The molecule has 0 aliphatic carbocycles. The number of likely N-dealkylation sites (N-methyl/N-ethyl adjacent to an activating group) is 1. The van der Waals surface area contributed by atoms with Crippen LogP contribution in [0, 0.1) is 0 Å². The first-order valence-electron chi connectivity index (χ1n) is 10.8. The molecule has 2 saturated heterocycles. The van der Waals surface area contributed by atoms with Gasteiger partial charge in [0.15, 0.2) is 5.16 Å². The van der Waals surface area contributed by atoms with Gasteiger partial charge in [0.05, 0.1) is 18.6 Å². The Morgan fingerprint density at radius 1 is 1.03 bits per heavy atom. The molecule has 2 fully saturated rings. The van der Waals surface area contributed by atoms with Crippen molar-refractivity contribution in [2.75, 3.05) is 82.1 Å². The van der Waals surface area contributed by atoms with E-state index in [2.05, 4.69) is 37.8 Å².